The molecule has 0 aliphatic carbocycles. The van der Waals surface area contributed by atoms with Gasteiger partial charge in [0.15, 0.2) is 0 Å². The lowest BCUT2D eigenvalue weighted by Gasteiger charge is -2.32. The summed E-state index contributed by atoms with van der Waals surface area (Å²) in [4.78, 5) is 12.1. The Bertz CT molecular complexity index is 654. The first-order chi connectivity index (χ1) is 11.2. The minimum absolute atomic E-state index is 0.138. The van der Waals surface area contributed by atoms with Crippen LogP contribution in [0, 0.1) is 0 Å². The summed E-state index contributed by atoms with van der Waals surface area (Å²) in [5, 5.41) is 14.3. The Labute approximate surface area is 146 Å². The lowest BCUT2D eigenvalue weighted by atomic mass is 10.1. The first-order valence-corrected chi connectivity index (χ1v) is 8.72. The maximum absolute atomic E-state index is 13.2. The van der Waals surface area contributed by atoms with Crippen LogP contribution in [0.4, 0.5) is 13.2 Å². The van der Waals surface area contributed by atoms with Crippen LogP contribution in [-0.2, 0) is 10.5 Å². The summed E-state index contributed by atoms with van der Waals surface area (Å²) >= 11 is 7.10. The molecule has 1 aliphatic rings. The highest BCUT2D eigenvalue weighted by atomic mass is 35.5. The van der Waals surface area contributed by atoms with Crippen LogP contribution in [-0.4, -0.2) is 39.4 Å². The highest BCUT2D eigenvalue weighted by Gasteiger charge is 2.62. The van der Waals surface area contributed by atoms with Gasteiger partial charge >= 0.3 is 6.18 Å². The minimum atomic E-state index is -4.98. The van der Waals surface area contributed by atoms with Crippen LogP contribution in [0.15, 0.2) is 29.4 Å². The highest BCUT2D eigenvalue weighted by molar-refractivity contribution is 7.99. The number of halogens is 4. The molecule has 1 heterocycles. The molecule has 0 unspecified atom stereocenters. The monoisotopic (exact) mass is 380 g/mol. The number of benzene rings is 1. The Morgan fingerprint density at radius 2 is 2.12 bits per heavy atom. The first-order valence-electron chi connectivity index (χ1n) is 7.18. The quantitative estimate of drug-likeness (QED) is 0.844. The zero-order valence-corrected chi connectivity index (χ0v) is 14.4. The third kappa shape index (κ3) is 3.87. The molecule has 1 aromatic rings. The summed E-state index contributed by atoms with van der Waals surface area (Å²) in [6, 6.07) is 7.01. The third-order valence-corrected chi connectivity index (χ3v) is 4.92. The molecule has 0 aromatic heterocycles. The predicted molar refractivity (Wildman–Crippen MR) is 87.8 cm³/mol. The van der Waals surface area contributed by atoms with Crippen LogP contribution < -0.4 is 0 Å². The number of hydrogen-bond donors (Lipinski definition) is 1. The van der Waals surface area contributed by atoms with Gasteiger partial charge in [0.1, 0.15) is 0 Å². The van der Waals surface area contributed by atoms with E-state index < -0.39 is 24.2 Å². The smallest absolute Gasteiger partial charge is 0.362 e. The van der Waals surface area contributed by atoms with E-state index in [-0.39, 0.29) is 22.9 Å². The van der Waals surface area contributed by atoms with Gasteiger partial charge in [0.2, 0.25) is 0 Å². The Kier molecular flexibility index (Phi) is 5.83. The standard InChI is InChI=1S/C15H16ClF3N2O2S/c1-2-11-7-14(23,15(17,18)19)21(20-11)13(22)9-24-8-10-5-3-4-6-12(10)16/h3-6,23H,2,7-9H2,1H3/t14-/m1/s1. The molecule has 0 saturated heterocycles. The largest absolute Gasteiger partial charge is 0.438 e. The van der Waals surface area contributed by atoms with Crippen molar-refractivity contribution in [1.29, 1.82) is 0 Å². The highest BCUT2D eigenvalue weighted by Crippen LogP contribution is 2.41. The number of nitrogens with zero attached hydrogens (tertiary/aromatic N) is 2. The summed E-state index contributed by atoms with van der Waals surface area (Å²) in [6.45, 7) is 1.62. The molecule has 4 nitrogen and oxygen atoms in total. The summed E-state index contributed by atoms with van der Waals surface area (Å²) in [6.07, 6.45) is -5.46. The second kappa shape index (κ2) is 7.33. The lowest BCUT2D eigenvalue weighted by Crippen LogP contribution is -2.57. The van der Waals surface area contributed by atoms with Crippen LogP contribution in [0.25, 0.3) is 0 Å². The summed E-state index contributed by atoms with van der Waals surface area (Å²) in [5.41, 5.74) is -2.35. The first kappa shape index (κ1) is 19.1. The Morgan fingerprint density at radius 1 is 1.46 bits per heavy atom. The molecule has 2 rings (SSSR count). The van der Waals surface area contributed by atoms with E-state index in [1.165, 1.54) is 0 Å². The van der Waals surface area contributed by atoms with Crippen molar-refractivity contribution in [2.75, 3.05) is 5.75 Å². The topological polar surface area (TPSA) is 52.9 Å². The van der Waals surface area contributed by atoms with Crippen LogP contribution >= 0.6 is 23.4 Å². The van der Waals surface area contributed by atoms with Gasteiger partial charge in [-0.2, -0.15) is 23.3 Å². The van der Waals surface area contributed by atoms with Crippen LogP contribution in [0.3, 0.4) is 0 Å². The fourth-order valence-corrected chi connectivity index (χ4v) is 3.37. The normalized spacial score (nSPS) is 21.1. The maximum atomic E-state index is 13.2. The van der Waals surface area contributed by atoms with Gasteiger partial charge in [0.25, 0.3) is 11.6 Å². The number of hydrazone groups is 1. The summed E-state index contributed by atoms with van der Waals surface area (Å²) < 4.78 is 39.5. The molecular formula is C15H16ClF3N2O2S. The van der Waals surface area contributed by atoms with Crippen molar-refractivity contribution in [3.8, 4) is 0 Å². The van der Waals surface area contributed by atoms with Crippen molar-refractivity contribution in [3.63, 3.8) is 0 Å². The van der Waals surface area contributed by atoms with Gasteiger partial charge in [-0.05, 0) is 18.1 Å². The van der Waals surface area contributed by atoms with E-state index in [9.17, 15) is 23.1 Å². The number of thioether (sulfide) groups is 1. The van der Waals surface area contributed by atoms with E-state index >= 15 is 0 Å². The summed E-state index contributed by atoms with van der Waals surface area (Å²) in [7, 11) is 0. The molecule has 0 bridgehead atoms. The molecule has 0 radical (unpaired) electrons. The number of rotatable bonds is 5. The van der Waals surface area contributed by atoms with Gasteiger partial charge in [-0.15, -0.1) is 11.8 Å². The van der Waals surface area contributed by atoms with Crippen molar-refractivity contribution >= 4 is 35.0 Å². The molecule has 1 aromatic carbocycles. The van der Waals surface area contributed by atoms with Crippen molar-refractivity contribution in [1.82, 2.24) is 5.01 Å². The SMILES string of the molecule is CCC1=NN(C(=O)CSCc2ccccc2Cl)[C@](O)(C(F)(F)F)C1. The number of amides is 1. The van der Waals surface area contributed by atoms with E-state index in [1.807, 2.05) is 0 Å². The fourth-order valence-electron chi connectivity index (χ4n) is 2.22. The maximum Gasteiger partial charge on any atom is 0.438 e. The van der Waals surface area contributed by atoms with E-state index in [0.717, 1.165) is 17.3 Å². The lowest BCUT2D eigenvalue weighted by molar-refractivity contribution is -0.301. The third-order valence-electron chi connectivity index (χ3n) is 3.58. The molecule has 1 aliphatic heterocycles. The number of aliphatic hydroxyl groups is 1. The number of alkyl halides is 3. The Morgan fingerprint density at radius 3 is 2.71 bits per heavy atom. The fraction of sp³-hybridized carbons (Fsp3) is 0.467. The second-order valence-electron chi connectivity index (χ2n) is 5.30. The van der Waals surface area contributed by atoms with Gasteiger partial charge in [0, 0.05) is 22.9 Å². The zero-order chi connectivity index (χ0) is 18.0. The number of carbonyl (C=O) groups excluding carboxylic acids is 1. The molecule has 1 atom stereocenters. The molecule has 1 amide bonds. The molecule has 0 saturated carbocycles. The van der Waals surface area contributed by atoms with Gasteiger partial charge in [-0.25, -0.2) is 0 Å². The van der Waals surface area contributed by atoms with Crippen molar-refractivity contribution in [2.45, 2.75) is 37.4 Å². The van der Waals surface area contributed by atoms with Crippen LogP contribution in [0.5, 0.6) is 0 Å². The van der Waals surface area contributed by atoms with Crippen molar-refractivity contribution < 1.29 is 23.1 Å². The van der Waals surface area contributed by atoms with Crippen LogP contribution in [0.2, 0.25) is 5.02 Å². The number of hydrogen-bond acceptors (Lipinski definition) is 4. The van der Waals surface area contributed by atoms with Gasteiger partial charge < -0.3 is 5.11 Å². The second-order valence-corrected chi connectivity index (χ2v) is 6.69. The Hall–Kier alpha value is -1.25. The Balaban J connectivity index is 2.04. The molecular weight excluding hydrogens is 365 g/mol. The molecule has 1 N–H and O–H groups in total. The van der Waals surface area contributed by atoms with E-state index in [2.05, 4.69) is 5.10 Å². The average molecular weight is 381 g/mol. The van der Waals surface area contributed by atoms with Gasteiger partial charge in [-0.3, -0.25) is 4.79 Å². The van der Waals surface area contributed by atoms with Crippen LogP contribution in [0.1, 0.15) is 25.3 Å². The molecule has 9 heteroatoms. The van der Waals surface area contributed by atoms with Gasteiger partial charge in [-0.1, -0.05) is 36.7 Å². The molecule has 24 heavy (non-hydrogen) atoms. The molecule has 132 valence electrons. The average Bonchev–Trinajstić information content (AvgIpc) is 2.87. The molecule has 0 fully saturated rings. The number of carbonyl (C=O) groups is 1. The van der Waals surface area contributed by atoms with E-state index in [1.54, 1.807) is 31.2 Å². The van der Waals surface area contributed by atoms with Crippen molar-refractivity contribution in [2.24, 2.45) is 5.10 Å². The van der Waals surface area contributed by atoms with E-state index in [0.29, 0.717) is 10.8 Å². The molecule has 0 spiro atoms. The van der Waals surface area contributed by atoms with E-state index in [4.69, 9.17) is 11.6 Å². The predicted octanol–water partition coefficient (Wildman–Crippen LogP) is 3.82. The summed E-state index contributed by atoms with van der Waals surface area (Å²) in [5.74, 6) is -0.770. The van der Waals surface area contributed by atoms with Crippen molar-refractivity contribution in [3.05, 3.63) is 34.9 Å². The zero-order valence-electron chi connectivity index (χ0n) is 12.8. The van der Waals surface area contributed by atoms with Gasteiger partial charge in [0.05, 0.1) is 5.75 Å². The minimum Gasteiger partial charge on any atom is -0.362 e.